The first-order chi connectivity index (χ1) is 15.5. The fraction of sp³-hybridized carbons (Fsp3) is 0.200. The summed E-state index contributed by atoms with van der Waals surface area (Å²) < 4.78 is 20.8. The summed E-state index contributed by atoms with van der Waals surface area (Å²) in [5.74, 6) is -0.487. The minimum Gasteiger partial charge on any atom is -0.504 e. The monoisotopic (exact) mass is 436 g/mol. The number of hydrogen-bond acceptors (Lipinski definition) is 7. The topological polar surface area (TPSA) is 91.3 Å². The molecule has 0 unspecified atom stereocenters. The van der Waals surface area contributed by atoms with Crippen LogP contribution >= 0.6 is 0 Å². The lowest BCUT2D eigenvalue weighted by atomic mass is 10.1. The van der Waals surface area contributed by atoms with Crippen molar-refractivity contribution < 1.29 is 33.6 Å². The van der Waals surface area contributed by atoms with Crippen molar-refractivity contribution in [3.05, 3.63) is 83.4 Å². The Morgan fingerprint density at radius 1 is 0.844 bits per heavy atom. The largest absolute Gasteiger partial charge is 0.504 e. The molecule has 3 rings (SSSR count). The number of hydrogen-bond donors (Lipinski definition) is 1. The molecule has 0 spiro atoms. The predicted octanol–water partition coefficient (Wildman–Crippen LogP) is 4.77. The third-order valence-electron chi connectivity index (χ3n) is 4.68. The molecule has 7 heteroatoms. The van der Waals surface area contributed by atoms with Crippen LogP contribution in [0.3, 0.4) is 0 Å². The number of esters is 2. The van der Waals surface area contributed by atoms with E-state index in [0.717, 1.165) is 30.6 Å². The van der Waals surface area contributed by atoms with Crippen LogP contribution in [0.1, 0.15) is 32.7 Å². The zero-order valence-corrected chi connectivity index (χ0v) is 17.9. The van der Waals surface area contributed by atoms with Gasteiger partial charge in [-0.15, -0.1) is 0 Å². The molecule has 0 aliphatic heterocycles. The first-order valence-corrected chi connectivity index (χ1v) is 10.0. The molecule has 7 nitrogen and oxygen atoms in total. The molecule has 32 heavy (non-hydrogen) atoms. The minimum absolute atomic E-state index is 0.0826. The maximum Gasteiger partial charge on any atom is 0.342 e. The van der Waals surface area contributed by atoms with E-state index < -0.39 is 17.7 Å². The Morgan fingerprint density at radius 3 is 2.28 bits per heavy atom. The molecule has 3 aromatic rings. The van der Waals surface area contributed by atoms with Gasteiger partial charge in [-0.2, -0.15) is 0 Å². The van der Waals surface area contributed by atoms with E-state index in [4.69, 9.17) is 9.47 Å². The number of phenolic OH excluding ortho intramolecular Hbond substituents is 1. The normalized spacial score (nSPS) is 10.3. The molecule has 0 aromatic heterocycles. The number of aryl methyl sites for hydroxylation is 1. The molecule has 1 N–H and O–H groups in total. The summed E-state index contributed by atoms with van der Waals surface area (Å²) in [7, 11) is 2.34. The van der Waals surface area contributed by atoms with Gasteiger partial charge in [0.15, 0.2) is 11.5 Å². The van der Waals surface area contributed by atoms with E-state index in [1.807, 2.05) is 54.6 Å². The first kappa shape index (κ1) is 22.7. The zero-order chi connectivity index (χ0) is 22.9. The highest BCUT2D eigenvalue weighted by atomic mass is 16.5. The molecule has 3 aromatic carbocycles. The van der Waals surface area contributed by atoms with E-state index in [0.29, 0.717) is 6.42 Å². The Morgan fingerprint density at radius 2 is 1.56 bits per heavy atom. The van der Waals surface area contributed by atoms with Crippen LogP contribution in [-0.2, 0) is 15.9 Å². The van der Waals surface area contributed by atoms with E-state index in [1.165, 1.54) is 19.2 Å². The van der Waals surface area contributed by atoms with E-state index >= 15 is 0 Å². The molecule has 0 aliphatic carbocycles. The molecule has 0 fully saturated rings. The van der Waals surface area contributed by atoms with Crippen LogP contribution in [0.2, 0.25) is 0 Å². The summed E-state index contributed by atoms with van der Waals surface area (Å²) in [4.78, 5) is 23.9. The van der Waals surface area contributed by atoms with Crippen molar-refractivity contribution >= 4 is 11.9 Å². The highest BCUT2D eigenvalue weighted by molar-refractivity contribution is 6.05. The number of carbonyl (C=O) groups is 2. The molecule has 0 saturated carbocycles. The summed E-state index contributed by atoms with van der Waals surface area (Å²) in [5, 5.41) is 10.5. The van der Waals surface area contributed by atoms with E-state index in [1.54, 1.807) is 0 Å². The van der Waals surface area contributed by atoms with Crippen molar-refractivity contribution in [2.75, 3.05) is 20.8 Å². The van der Waals surface area contributed by atoms with E-state index in [9.17, 15) is 14.7 Å². The zero-order valence-electron chi connectivity index (χ0n) is 17.9. The number of carbonyl (C=O) groups excluding carboxylic acids is 2. The van der Waals surface area contributed by atoms with Gasteiger partial charge in [0.2, 0.25) is 0 Å². The van der Waals surface area contributed by atoms with Gasteiger partial charge >= 0.3 is 11.9 Å². The van der Waals surface area contributed by atoms with Crippen molar-refractivity contribution in [3.8, 4) is 23.0 Å². The highest BCUT2D eigenvalue weighted by Crippen LogP contribution is 2.33. The molecule has 0 bridgehead atoms. The van der Waals surface area contributed by atoms with Crippen LogP contribution < -0.4 is 9.47 Å². The Kier molecular flexibility index (Phi) is 7.70. The van der Waals surface area contributed by atoms with Gasteiger partial charge in [-0.05, 0) is 54.8 Å². The van der Waals surface area contributed by atoms with Gasteiger partial charge in [-0.3, -0.25) is 0 Å². The van der Waals surface area contributed by atoms with Crippen molar-refractivity contribution in [3.63, 3.8) is 0 Å². The Bertz CT molecular complexity index is 1080. The minimum atomic E-state index is -0.858. The summed E-state index contributed by atoms with van der Waals surface area (Å²) in [6, 6.07) is 20.1. The average molecular weight is 436 g/mol. The van der Waals surface area contributed by atoms with Gasteiger partial charge in [0.1, 0.15) is 17.1 Å². The van der Waals surface area contributed by atoms with Gasteiger partial charge in [-0.1, -0.05) is 30.3 Å². The lowest BCUT2D eigenvalue weighted by Crippen LogP contribution is -2.13. The van der Waals surface area contributed by atoms with Crippen molar-refractivity contribution in [1.29, 1.82) is 0 Å². The van der Waals surface area contributed by atoms with Gasteiger partial charge in [0.05, 0.1) is 26.4 Å². The van der Waals surface area contributed by atoms with Crippen molar-refractivity contribution in [2.24, 2.45) is 0 Å². The second-order valence-electron chi connectivity index (χ2n) is 6.83. The van der Waals surface area contributed by atoms with Crippen LogP contribution in [0, 0.1) is 0 Å². The molecule has 0 saturated heterocycles. The van der Waals surface area contributed by atoms with E-state index in [2.05, 4.69) is 9.47 Å². The molecule has 0 atom stereocenters. The number of aromatic hydroxyl groups is 1. The van der Waals surface area contributed by atoms with Crippen molar-refractivity contribution in [2.45, 2.75) is 12.8 Å². The van der Waals surface area contributed by atoms with Gasteiger partial charge in [0, 0.05) is 0 Å². The van der Waals surface area contributed by atoms with Gasteiger partial charge in [0.25, 0.3) is 0 Å². The third-order valence-corrected chi connectivity index (χ3v) is 4.68. The first-order valence-electron chi connectivity index (χ1n) is 10.0. The molecule has 0 radical (unpaired) electrons. The Labute approximate surface area is 186 Å². The van der Waals surface area contributed by atoms with Crippen LogP contribution in [0.25, 0.3) is 0 Å². The summed E-state index contributed by atoms with van der Waals surface area (Å²) in [5.41, 5.74) is 0.685. The third kappa shape index (κ3) is 5.57. The van der Waals surface area contributed by atoms with Gasteiger partial charge < -0.3 is 24.1 Å². The maximum absolute atomic E-state index is 12.0. The second kappa shape index (κ2) is 10.9. The molecular formula is C25H24O7. The molecule has 166 valence electrons. The number of ether oxygens (including phenoxy) is 4. The summed E-state index contributed by atoms with van der Waals surface area (Å²) >= 11 is 0. The van der Waals surface area contributed by atoms with E-state index in [-0.39, 0.29) is 23.5 Å². The molecule has 0 amide bonds. The second-order valence-corrected chi connectivity index (χ2v) is 6.83. The number of methoxy groups -OCH3 is 2. The van der Waals surface area contributed by atoms with Crippen LogP contribution in [0.5, 0.6) is 23.0 Å². The number of rotatable bonds is 9. The fourth-order valence-electron chi connectivity index (χ4n) is 3.12. The lowest BCUT2D eigenvalue weighted by Gasteiger charge is -2.13. The van der Waals surface area contributed by atoms with Crippen LogP contribution in [0.15, 0.2) is 66.7 Å². The highest BCUT2D eigenvalue weighted by Gasteiger charge is 2.25. The quantitative estimate of drug-likeness (QED) is 0.382. The SMILES string of the molecule is COC(=O)c1ccc(OCCCc2cccc(Oc3ccccc3)c2)c(O)c1C(=O)OC. The van der Waals surface area contributed by atoms with Crippen molar-refractivity contribution in [1.82, 2.24) is 0 Å². The smallest absolute Gasteiger partial charge is 0.342 e. The lowest BCUT2D eigenvalue weighted by molar-refractivity contribution is 0.0551. The Balaban J connectivity index is 1.62. The maximum atomic E-state index is 12.0. The molecular weight excluding hydrogens is 412 g/mol. The summed E-state index contributed by atoms with van der Waals surface area (Å²) in [6.07, 6.45) is 1.37. The fourth-order valence-corrected chi connectivity index (χ4v) is 3.12. The average Bonchev–Trinajstić information content (AvgIpc) is 2.82. The van der Waals surface area contributed by atoms with Crippen LogP contribution in [-0.4, -0.2) is 37.9 Å². The number of para-hydroxylation sites is 1. The Hall–Kier alpha value is -4.00. The van der Waals surface area contributed by atoms with Gasteiger partial charge in [-0.25, -0.2) is 9.59 Å². The number of phenols is 1. The van der Waals surface area contributed by atoms with Crippen LogP contribution in [0.4, 0.5) is 0 Å². The molecule has 0 aliphatic rings. The predicted molar refractivity (Wildman–Crippen MR) is 118 cm³/mol. The molecule has 0 heterocycles. The number of benzene rings is 3. The standard InChI is InChI=1S/C25H24O7/c1-29-24(27)20-13-14-21(23(26)22(20)25(28)30-2)31-15-7-9-17-8-6-12-19(16-17)32-18-10-4-3-5-11-18/h3-6,8,10-14,16,26H,7,9,15H2,1-2H3. The summed E-state index contributed by atoms with van der Waals surface area (Å²) in [6.45, 7) is 0.287.